The molecule has 2 aromatic rings. The summed E-state index contributed by atoms with van der Waals surface area (Å²) < 4.78 is 1.88. The fourth-order valence-corrected chi connectivity index (χ4v) is 3.78. The number of aryl methyl sites for hydroxylation is 1. The summed E-state index contributed by atoms with van der Waals surface area (Å²) in [7, 11) is 6.00. The molecule has 1 N–H and O–H groups in total. The first kappa shape index (κ1) is 17.7. The van der Waals surface area contributed by atoms with E-state index in [1.807, 2.05) is 36.9 Å². The SMILES string of the molecule is CCNC(=NCc1csc(N(C)C)n1)N1CCC(c2cnn(C)c2)C1. The topological polar surface area (TPSA) is 61.6 Å². The van der Waals surface area contributed by atoms with Gasteiger partial charge in [-0.15, -0.1) is 11.3 Å². The lowest BCUT2D eigenvalue weighted by atomic mass is 10.0. The molecule has 0 amide bonds. The molecule has 3 heterocycles. The molecule has 0 spiro atoms. The van der Waals surface area contributed by atoms with Gasteiger partial charge in [-0.3, -0.25) is 4.68 Å². The number of nitrogens with zero attached hydrogens (tertiary/aromatic N) is 6. The molecule has 1 fully saturated rings. The number of nitrogens with one attached hydrogen (secondary N) is 1. The second kappa shape index (κ2) is 7.86. The number of thiazole rings is 1. The summed E-state index contributed by atoms with van der Waals surface area (Å²) in [5.41, 5.74) is 2.34. The van der Waals surface area contributed by atoms with Gasteiger partial charge in [0.1, 0.15) is 0 Å². The van der Waals surface area contributed by atoms with Crippen LogP contribution in [0, 0.1) is 0 Å². The third-order valence-corrected chi connectivity index (χ3v) is 5.39. The first-order valence-corrected chi connectivity index (χ1v) is 9.58. The Morgan fingerprint density at radius 1 is 1.48 bits per heavy atom. The van der Waals surface area contributed by atoms with Crippen LogP contribution < -0.4 is 10.2 Å². The Morgan fingerprint density at radius 2 is 2.32 bits per heavy atom. The van der Waals surface area contributed by atoms with Gasteiger partial charge in [0, 0.05) is 58.3 Å². The highest BCUT2D eigenvalue weighted by Crippen LogP contribution is 2.27. The van der Waals surface area contributed by atoms with E-state index >= 15 is 0 Å². The van der Waals surface area contributed by atoms with Gasteiger partial charge in [0.2, 0.25) is 0 Å². The van der Waals surface area contributed by atoms with Crippen molar-refractivity contribution >= 4 is 22.4 Å². The molecule has 0 saturated carbocycles. The summed E-state index contributed by atoms with van der Waals surface area (Å²) >= 11 is 1.66. The number of likely N-dealkylation sites (tertiary alicyclic amines) is 1. The van der Waals surface area contributed by atoms with Crippen LogP contribution in [0.15, 0.2) is 22.8 Å². The van der Waals surface area contributed by atoms with Gasteiger partial charge >= 0.3 is 0 Å². The van der Waals surface area contributed by atoms with Crippen LogP contribution in [0.5, 0.6) is 0 Å². The number of aliphatic imine (C=N–C) groups is 1. The predicted molar refractivity (Wildman–Crippen MR) is 103 cm³/mol. The lowest BCUT2D eigenvalue weighted by Gasteiger charge is -2.21. The van der Waals surface area contributed by atoms with Crippen molar-refractivity contribution in [1.82, 2.24) is 25.0 Å². The Bertz CT molecular complexity index is 718. The van der Waals surface area contributed by atoms with Gasteiger partial charge in [-0.25, -0.2) is 9.98 Å². The summed E-state index contributed by atoms with van der Waals surface area (Å²) in [5.74, 6) is 1.51. The van der Waals surface area contributed by atoms with Crippen LogP contribution >= 0.6 is 11.3 Å². The second-order valence-corrected chi connectivity index (χ2v) is 7.40. The Balaban J connectivity index is 1.66. The Morgan fingerprint density at radius 3 is 2.96 bits per heavy atom. The van der Waals surface area contributed by atoms with Gasteiger partial charge < -0.3 is 15.1 Å². The minimum Gasteiger partial charge on any atom is -0.357 e. The molecule has 8 heteroatoms. The van der Waals surface area contributed by atoms with Crippen LogP contribution in [0.2, 0.25) is 0 Å². The lowest BCUT2D eigenvalue weighted by Crippen LogP contribution is -2.40. The fraction of sp³-hybridized carbons (Fsp3) is 0.588. The molecule has 0 aliphatic carbocycles. The molecule has 7 nitrogen and oxygen atoms in total. The van der Waals surface area contributed by atoms with Gasteiger partial charge in [-0.05, 0) is 18.9 Å². The summed E-state index contributed by atoms with van der Waals surface area (Å²) in [6, 6.07) is 0. The van der Waals surface area contributed by atoms with Crippen LogP contribution in [-0.2, 0) is 13.6 Å². The second-order valence-electron chi connectivity index (χ2n) is 6.56. The smallest absolute Gasteiger partial charge is 0.194 e. The van der Waals surface area contributed by atoms with Crippen molar-refractivity contribution in [3.05, 3.63) is 29.0 Å². The average molecular weight is 362 g/mol. The van der Waals surface area contributed by atoms with Gasteiger partial charge in [-0.2, -0.15) is 5.10 Å². The number of hydrogen-bond acceptors (Lipinski definition) is 5. The van der Waals surface area contributed by atoms with Crippen molar-refractivity contribution in [2.45, 2.75) is 25.8 Å². The maximum Gasteiger partial charge on any atom is 0.194 e. The largest absolute Gasteiger partial charge is 0.357 e. The zero-order valence-corrected chi connectivity index (χ0v) is 16.3. The maximum atomic E-state index is 4.81. The highest BCUT2D eigenvalue weighted by Gasteiger charge is 2.26. The van der Waals surface area contributed by atoms with Crippen molar-refractivity contribution in [1.29, 1.82) is 0 Å². The summed E-state index contributed by atoms with van der Waals surface area (Å²) in [4.78, 5) is 13.8. The normalized spacial score (nSPS) is 18.0. The van der Waals surface area contributed by atoms with E-state index in [2.05, 4.69) is 38.8 Å². The molecule has 0 radical (unpaired) electrons. The molecule has 2 aromatic heterocycles. The van der Waals surface area contributed by atoms with Crippen LogP contribution in [0.4, 0.5) is 5.13 Å². The minimum absolute atomic E-state index is 0.525. The van der Waals surface area contributed by atoms with Crippen molar-refractivity contribution in [2.24, 2.45) is 12.0 Å². The number of anilines is 1. The molecule has 0 aromatic carbocycles. The van der Waals surface area contributed by atoms with Crippen molar-refractivity contribution in [3.8, 4) is 0 Å². The summed E-state index contributed by atoms with van der Waals surface area (Å²) in [5, 5.41) is 10.8. The highest BCUT2D eigenvalue weighted by atomic mass is 32.1. The van der Waals surface area contributed by atoms with E-state index in [0.29, 0.717) is 12.5 Å². The number of aromatic nitrogens is 3. The summed E-state index contributed by atoms with van der Waals surface area (Å²) in [6.45, 7) is 5.59. The van der Waals surface area contributed by atoms with Crippen molar-refractivity contribution in [2.75, 3.05) is 38.6 Å². The molecule has 1 saturated heterocycles. The van der Waals surface area contributed by atoms with Crippen LogP contribution in [-0.4, -0.2) is 59.4 Å². The number of hydrogen-bond donors (Lipinski definition) is 1. The number of rotatable bonds is 5. The zero-order chi connectivity index (χ0) is 17.8. The Labute approximate surface area is 153 Å². The molecule has 1 atom stereocenters. The van der Waals surface area contributed by atoms with Crippen LogP contribution in [0.1, 0.15) is 30.5 Å². The first-order chi connectivity index (χ1) is 12.1. The molecule has 3 rings (SSSR count). The Kier molecular flexibility index (Phi) is 5.57. The maximum absolute atomic E-state index is 4.81. The van der Waals surface area contributed by atoms with Crippen LogP contribution in [0.3, 0.4) is 0 Å². The third-order valence-electron chi connectivity index (χ3n) is 4.33. The molecule has 1 aliphatic heterocycles. The molecule has 25 heavy (non-hydrogen) atoms. The van der Waals surface area contributed by atoms with Gasteiger partial charge in [0.15, 0.2) is 11.1 Å². The van der Waals surface area contributed by atoms with E-state index in [9.17, 15) is 0 Å². The standard InChI is InChI=1S/C17H27N7S/c1-5-18-16(19-9-15-12-25-17(21-15)22(2)3)24-7-6-13(11-24)14-8-20-23(4)10-14/h8,10,12-13H,5-7,9,11H2,1-4H3,(H,18,19). The average Bonchev–Trinajstić information content (AvgIpc) is 3.31. The van der Waals surface area contributed by atoms with E-state index in [4.69, 9.17) is 4.99 Å². The van der Waals surface area contributed by atoms with Gasteiger partial charge in [0.25, 0.3) is 0 Å². The molecule has 1 unspecified atom stereocenters. The van der Waals surface area contributed by atoms with E-state index in [0.717, 1.165) is 42.8 Å². The van der Waals surface area contributed by atoms with E-state index in [1.54, 1.807) is 11.3 Å². The third kappa shape index (κ3) is 4.31. The van der Waals surface area contributed by atoms with E-state index in [-0.39, 0.29) is 0 Å². The van der Waals surface area contributed by atoms with E-state index in [1.165, 1.54) is 5.56 Å². The van der Waals surface area contributed by atoms with E-state index < -0.39 is 0 Å². The van der Waals surface area contributed by atoms with Crippen molar-refractivity contribution in [3.63, 3.8) is 0 Å². The fourth-order valence-electron chi connectivity index (χ4n) is 3.03. The number of guanidine groups is 1. The molecular weight excluding hydrogens is 334 g/mol. The van der Waals surface area contributed by atoms with Crippen molar-refractivity contribution < 1.29 is 0 Å². The molecule has 1 aliphatic rings. The van der Waals surface area contributed by atoms with Crippen LogP contribution in [0.25, 0.3) is 0 Å². The molecule has 136 valence electrons. The monoisotopic (exact) mass is 361 g/mol. The quantitative estimate of drug-likeness (QED) is 0.651. The predicted octanol–water partition coefficient (Wildman–Crippen LogP) is 1.90. The Hall–Kier alpha value is -2.09. The first-order valence-electron chi connectivity index (χ1n) is 8.70. The summed E-state index contributed by atoms with van der Waals surface area (Å²) in [6.07, 6.45) is 5.24. The van der Waals surface area contributed by atoms with Gasteiger partial charge in [0.05, 0.1) is 18.4 Å². The van der Waals surface area contributed by atoms with Gasteiger partial charge in [-0.1, -0.05) is 0 Å². The molecule has 0 bridgehead atoms. The highest BCUT2D eigenvalue weighted by molar-refractivity contribution is 7.13. The molecular formula is C17H27N7S. The minimum atomic E-state index is 0.525. The lowest BCUT2D eigenvalue weighted by molar-refractivity contribution is 0.486. The zero-order valence-electron chi connectivity index (χ0n) is 15.4.